The zero-order chi connectivity index (χ0) is 13.8. The molecule has 0 amide bonds. The summed E-state index contributed by atoms with van der Waals surface area (Å²) in [5.41, 5.74) is 0. The predicted octanol–water partition coefficient (Wildman–Crippen LogP) is -0.0126. The molecule has 1 rings (SSSR count). The molecule has 18 heavy (non-hydrogen) atoms. The lowest BCUT2D eigenvalue weighted by Gasteiger charge is -2.18. The topological polar surface area (TPSA) is 83.6 Å². The molecule has 8 heteroatoms. The Labute approximate surface area is 110 Å². The Morgan fingerprint density at radius 1 is 1.39 bits per heavy atom. The molecule has 0 aromatic carbocycles. The minimum absolute atomic E-state index is 0.0915. The summed E-state index contributed by atoms with van der Waals surface area (Å²) in [6, 6.07) is 0. The highest BCUT2D eigenvalue weighted by Gasteiger charge is 2.29. The van der Waals surface area contributed by atoms with Crippen molar-refractivity contribution < 1.29 is 16.8 Å². The van der Waals surface area contributed by atoms with Gasteiger partial charge in [-0.1, -0.05) is 13.3 Å². The standard InChI is InChI=1S/C10H22N2O4S2/c1-3-4-6-12(2)18(15,16)11-8-10-5-7-17(13,14)9-10/h10-11H,3-9H2,1-2H3. The fraction of sp³-hybridized carbons (Fsp3) is 1.00. The molecule has 1 unspecified atom stereocenters. The van der Waals surface area contributed by atoms with E-state index in [1.54, 1.807) is 0 Å². The fourth-order valence-electron chi connectivity index (χ4n) is 1.87. The van der Waals surface area contributed by atoms with Gasteiger partial charge in [0.05, 0.1) is 11.5 Å². The van der Waals surface area contributed by atoms with E-state index < -0.39 is 20.0 Å². The summed E-state index contributed by atoms with van der Waals surface area (Å²) in [4.78, 5) is 0. The lowest BCUT2D eigenvalue weighted by atomic mass is 10.1. The van der Waals surface area contributed by atoms with Crippen LogP contribution in [0.2, 0.25) is 0 Å². The number of nitrogens with one attached hydrogen (secondary N) is 1. The van der Waals surface area contributed by atoms with Gasteiger partial charge in [-0.2, -0.15) is 12.7 Å². The lowest BCUT2D eigenvalue weighted by Crippen LogP contribution is -2.41. The van der Waals surface area contributed by atoms with Crippen LogP contribution in [0.5, 0.6) is 0 Å². The second kappa shape index (κ2) is 6.31. The molecule has 1 fully saturated rings. The van der Waals surface area contributed by atoms with Crippen molar-refractivity contribution in [2.75, 3.05) is 31.6 Å². The Morgan fingerprint density at radius 2 is 2.06 bits per heavy atom. The van der Waals surface area contributed by atoms with Gasteiger partial charge in [-0.25, -0.2) is 13.1 Å². The summed E-state index contributed by atoms with van der Waals surface area (Å²) in [6.45, 7) is 2.68. The van der Waals surface area contributed by atoms with E-state index in [1.807, 2.05) is 6.92 Å². The quantitative estimate of drug-likeness (QED) is 0.716. The van der Waals surface area contributed by atoms with Crippen molar-refractivity contribution in [2.24, 2.45) is 5.92 Å². The van der Waals surface area contributed by atoms with E-state index in [0.29, 0.717) is 13.0 Å². The van der Waals surface area contributed by atoms with Crippen LogP contribution in [0, 0.1) is 5.92 Å². The van der Waals surface area contributed by atoms with Crippen LogP contribution in [0.4, 0.5) is 0 Å². The smallest absolute Gasteiger partial charge is 0.229 e. The SMILES string of the molecule is CCCCN(C)S(=O)(=O)NCC1CCS(=O)(=O)C1. The predicted molar refractivity (Wildman–Crippen MR) is 71.2 cm³/mol. The molecule has 1 atom stereocenters. The van der Waals surface area contributed by atoms with E-state index in [0.717, 1.165) is 12.8 Å². The first-order valence-corrected chi connectivity index (χ1v) is 9.44. The monoisotopic (exact) mass is 298 g/mol. The van der Waals surface area contributed by atoms with Gasteiger partial charge in [-0.3, -0.25) is 0 Å². The van der Waals surface area contributed by atoms with Gasteiger partial charge in [-0.15, -0.1) is 0 Å². The van der Waals surface area contributed by atoms with Crippen LogP contribution in [0.15, 0.2) is 0 Å². The molecule has 0 saturated carbocycles. The Balaban J connectivity index is 2.42. The maximum atomic E-state index is 11.8. The molecule has 1 N–H and O–H groups in total. The fourth-order valence-corrected chi connectivity index (χ4v) is 4.77. The minimum atomic E-state index is -3.47. The van der Waals surface area contributed by atoms with Crippen LogP contribution in [0.3, 0.4) is 0 Å². The maximum absolute atomic E-state index is 11.8. The third kappa shape index (κ3) is 4.83. The second-order valence-corrected chi connectivity index (χ2v) is 8.89. The molecule has 0 aliphatic carbocycles. The summed E-state index contributed by atoms with van der Waals surface area (Å²) >= 11 is 0. The third-order valence-corrected chi connectivity index (χ3v) is 6.49. The Morgan fingerprint density at radius 3 is 2.56 bits per heavy atom. The van der Waals surface area contributed by atoms with Crippen LogP contribution in [-0.4, -0.2) is 52.8 Å². The van der Waals surface area contributed by atoms with Crippen LogP contribution < -0.4 is 4.72 Å². The summed E-state index contributed by atoms with van der Waals surface area (Å²) in [7, 11) is -4.88. The van der Waals surface area contributed by atoms with Gasteiger partial charge in [0, 0.05) is 20.1 Å². The van der Waals surface area contributed by atoms with Gasteiger partial charge in [0.2, 0.25) is 0 Å². The van der Waals surface area contributed by atoms with Gasteiger partial charge >= 0.3 is 0 Å². The van der Waals surface area contributed by atoms with E-state index in [1.165, 1.54) is 11.4 Å². The molecule has 1 saturated heterocycles. The molecule has 0 radical (unpaired) electrons. The molecule has 1 heterocycles. The van der Waals surface area contributed by atoms with Crippen molar-refractivity contribution in [1.29, 1.82) is 0 Å². The summed E-state index contributed by atoms with van der Waals surface area (Å²) in [5.74, 6) is 0.170. The molecule has 1 aliphatic rings. The lowest BCUT2D eigenvalue weighted by molar-refractivity contribution is 0.441. The Bertz CT molecular complexity index is 458. The highest BCUT2D eigenvalue weighted by atomic mass is 32.2. The summed E-state index contributed by atoms with van der Waals surface area (Å²) < 4.78 is 49.9. The Kier molecular flexibility index (Phi) is 5.57. The molecule has 0 spiro atoms. The molecule has 108 valence electrons. The highest BCUT2D eigenvalue weighted by molar-refractivity contribution is 7.91. The van der Waals surface area contributed by atoms with Crippen LogP contribution in [-0.2, 0) is 20.0 Å². The van der Waals surface area contributed by atoms with Crippen molar-refractivity contribution in [3.05, 3.63) is 0 Å². The van der Waals surface area contributed by atoms with Crippen molar-refractivity contribution in [3.63, 3.8) is 0 Å². The van der Waals surface area contributed by atoms with Gasteiger partial charge < -0.3 is 0 Å². The maximum Gasteiger partial charge on any atom is 0.279 e. The zero-order valence-electron chi connectivity index (χ0n) is 10.9. The van der Waals surface area contributed by atoms with E-state index >= 15 is 0 Å². The van der Waals surface area contributed by atoms with Gasteiger partial charge in [0.25, 0.3) is 10.2 Å². The van der Waals surface area contributed by atoms with Crippen molar-refractivity contribution in [2.45, 2.75) is 26.2 Å². The minimum Gasteiger partial charge on any atom is -0.229 e. The molecular formula is C10H22N2O4S2. The molecule has 6 nitrogen and oxygen atoms in total. The molecule has 0 bridgehead atoms. The van der Waals surface area contributed by atoms with Gasteiger partial charge in [-0.05, 0) is 18.8 Å². The number of hydrogen-bond donors (Lipinski definition) is 1. The van der Waals surface area contributed by atoms with Crippen LogP contribution in [0.1, 0.15) is 26.2 Å². The van der Waals surface area contributed by atoms with Gasteiger partial charge in [0.1, 0.15) is 0 Å². The first kappa shape index (κ1) is 15.9. The molecule has 0 aromatic rings. The van der Waals surface area contributed by atoms with Crippen molar-refractivity contribution in [1.82, 2.24) is 9.03 Å². The average molecular weight is 298 g/mol. The average Bonchev–Trinajstić information content (AvgIpc) is 2.63. The van der Waals surface area contributed by atoms with Crippen molar-refractivity contribution >= 4 is 20.0 Å². The summed E-state index contributed by atoms with van der Waals surface area (Å²) in [5, 5.41) is 0. The number of nitrogens with zero attached hydrogens (tertiary/aromatic N) is 1. The molecule has 0 aromatic heterocycles. The molecular weight excluding hydrogens is 276 g/mol. The van der Waals surface area contributed by atoms with Crippen LogP contribution >= 0.6 is 0 Å². The number of rotatable bonds is 7. The van der Waals surface area contributed by atoms with E-state index in [2.05, 4.69) is 4.72 Å². The largest absolute Gasteiger partial charge is 0.279 e. The van der Waals surface area contributed by atoms with Crippen molar-refractivity contribution in [3.8, 4) is 0 Å². The zero-order valence-corrected chi connectivity index (χ0v) is 12.6. The summed E-state index contributed by atoms with van der Waals surface area (Å²) in [6.07, 6.45) is 2.29. The number of unbranched alkanes of at least 4 members (excludes halogenated alkanes) is 1. The normalized spacial score (nSPS) is 23.6. The van der Waals surface area contributed by atoms with Crippen LogP contribution in [0.25, 0.3) is 0 Å². The van der Waals surface area contributed by atoms with E-state index in [9.17, 15) is 16.8 Å². The second-order valence-electron chi connectivity index (χ2n) is 4.80. The Hall–Kier alpha value is -0.180. The third-order valence-electron chi connectivity index (χ3n) is 3.12. The highest BCUT2D eigenvalue weighted by Crippen LogP contribution is 2.17. The van der Waals surface area contributed by atoms with E-state index in [4.69, 9.17) is 0 Å². The molecule has 1 aliphatic heterocycles. The first-order valence-electron chi connectivity index (χ1n) is 6.18. The van der Waals surface area contributed by atoms with Gasteiger partial charge in [0.15, 0.2) is 9.84 Å². The first-order chi connectivity index (χ1) is 8.27. The number of hydrogen-bond acceptors (Lipinski definition) is 4. The van der Waals surface area contributed by atoms with E-state index in [-0.39, 0.29) is 24.0 Å². The number of sulfone groups is 1.